The number of hydrogen-bond donors (Lipinski definition) is 0. The zero-order valence-electron chi connectivity index (χ0n) is 33.1. The van der Waals surface area contributed by atoms with E-state index >= 15 is 0 Å². The van der Waals surface area contributed by atoms with Gasteiger partial charge in [-0.1, -0.05) is 164 Å². The molecular weight excluding hydrogens is 743 g/mol. The Balaban J connectivity index is 1.02. The van der Waals surface area contributed by atoms with Crippen LogP contribution in [-0.2, 0) is 0 Å². The standard InChI is InChI=1S/C58H37NO2/c1-3-14-39(15-4-1)46-32-28-43(34-50(46)40-16-5-2-6-17-40)38-26-30-45(31-27-38)59(54-24-13-22-49-48-21-10-12-25-55(48)61-58(49)54)53-23-11-9-20-47(53)44-29-33-56-51(36-44)52-35-41-18-7-8-19-42(41)37-57(52)60-56/h1-37H. The highest BCUT2D eigenvalue weighted by Gasteiger charge is 2.23. The molecular formula is C58H37NO2. The normalized spacial score (nSPS) is 11.6. The first kappa shape index (κ1) is 34.9. The van der Waals surface area contributed by atoms with Crippen molar-refractivity contribution in [1.82, 2.24) is 0 Å². The van der Waals surface area contributed by atoms with Crippen LogP contribution in [0.15, 0.2) is 233 Å². The third kappa shape index (κ3) is 5.98. The van der Waals surface area contributed by atoms with Crippen LogP contribution in [0.2, 0.25) is 0 Å². The lowest BCUT2D eigenvalue weighted by molar-refractivity contribution is 0.669. The fraction of sp³-hybridized carbons (Fsp3) is 0. The summed E-state index contributed by atoms with van der Waals surface area (Å²) in [5.74, 6) is 0. The summed E-state index contributed by atoms with van der Waals surface area (Å²) in [6.45, 7) is 0. The minimum atomic E-state index is 0.842. The number of furan rings is 2. The van der Waals surface area contributed by atoms with Gasteiger partial charge < -0.3 is 13.7 Å². The molecule has 0 unspecified atom stereocenters. The van der Waals surface area contributed by atoms with Crippen molar-refractivity contribution >= 4 is 71.7 Å². The third-order valence-electron chi connectivity index (χ3n) is 12.1. The maximum Gasteiger partial charge on any atom is 0.159 e. The van der Waals surface area contributed by atoms with Crippen molar-refractivity contribution in [1.29, 1.82) is 0 Å². The smallest absolute Gasteiger partial charge is 0.159 e. The average Bonchev–Trinajstić information content (AvgIpc) is 3.89. The Morgan fingerprint density at radius 1 is 0.279 bits per heavy atom. The third-order valence-corrected chi connectivity index (χ3v) is 12.1. The number of fused-ring (bicyclic) bond motifs is 7. The summed E-state index contributed by atoms with van der Waals surface area (Å²) in [6, 6.07) is 79.9. The molecule has 2 aromatic heterocycles. The molecule has 0 aliphatic rings. The van der Waals surface area contributed by atoms with Gasteiger partial charge in [-0.25, -0.2) is 0 Å². The van der Waals surface area contributed by atoms with Crippen molar-refractivity contribution in [3.05, 3.63) is 224 Å². The summed E-state index contributed by atoms with van der Waals surface area (Å²) in [7, 11) is 0. The highest BCUT2D eigenvalue weighted by Crippen LogP contribution is 2.47. The van der Waals surface area contributed by atoms with Gasteiger partial charge >= 0.3 is 0 Å². The van der Waals surface area contributed by atoms with Crippen molar-refractivity contribution in [2.45, 2.75) is 0 Å². The predicted octanol–water partition coefficient (Wildman–Crippen LogP) is 16.8. The minimum Gasteiger partial charge on any atom is -0.456 e. The number of nitrogens with zero attached hydrogens (tertiary/aromatic N) is 1. The second-order valence-corrected chi connectivity index (χ2v) is 15.7. The van der Waals surface area contributed by atoms with Gasteiger partial charge in [0.2, 0.25) is 0 Å². The molecule has 3 nitrogen and oxygen atoms in total. The van der Waals surface area contributed by atoms with Crippen molar-refractivity contribution in [3.8, 4) is 44.5 Å². The molecule has 0 spiro atoms. The molecule has 12 aromatic rings. The first-order valence-electron chi connectivity index (χ1n) is 20.7. The van der Waals surface area contributed by atoms with Crippen LogP contribution in [0.3, 0.4) is 0 Å². The van der Waals surface area contributed by atoms with E-state index in [4.69, 9.17) is 8.83 Å². The SMILES string of the molecule is c1ccc(-c2ccc(-c3ccc(N(c4ccccc4-c4ccc5oc6cc7ccccc7cc6c5c4)c4cccc5c4oc4ccccc45)cc3)cc2-c2ccccc2)cc1. The fourth-order valence-corrected chi connectivity index (χ4v) is 9.11. The van der Waals surface area contributed by atoms with Gasteiger partial charge in [-0.2, -0.15) is 0 Å². The zero-order chi connectivity index (χ0) is 40.3. The molecule has 0 N–H and O–H groups in total. The van der Waals surface area contributed by atoms with Crippen molar-refractivity contribution in [2.24, 2.45) is 0 Å². The Morgan fingerprint density at radius 2 is 0.885 bits per heavy atom. The van der Waals surface area contributed by atoms with Crippen molar-refractivity contribution in [2.75, 3.05) is 4.90 Å². The highest BCUT2D eigenvalue weighted by molar-refractivity contribution is 6.13. The van der Waals surface area contributed by atoms with Gasteiger partial charge in [-0.15, -0.1) is 0 Å². The molecule has 0 saturated heterocycles. The van der Waals surface area contributed by atoms with Gasteiger partial charge in [0, 0.05) is 32.8 Å². The summed E-state index contributed by atoms with van der Waals surface area (Å²) in [6.07, 6.45) is 0. The lowest BCUT2D eigenvalue weighted by Crippen LogP contribution is -2.11. The van der Waals surface area contributed by atoms with Crippen LogP contribution < -0.4 is 4.90 Å². The molecule has 0 aliphatic carbocycles. The molecule has 10 aromatic carbocycles. The first-order valence-corrected chi connectivity index (χ1v) is 20.7. The molecule has 0 saturated carbocycles. The highest BCUT2D eigenvalue weighted by atomic mass is 16.3. The number of hydrogen-bond acceptors (Lipinski definition) is 3. The van der Waals surface area contributed by atoms with E-state index < -0.39 is 0 Å². The number of benzene rings is 10. The van der Waals surface area contributed by atoms with Gasteiger partial charge in [-0.05, 0) is 110 Å². The van der Waals surface area contributed by atoms with Crippen LogP contribution in [0.25, 0.3) is 99.2 Å². The Labute approximate surface area is 353 Å². The fourth-order valence-electron chi connectivity index (χ4n) is 9.11. The van der Waals surface area contributed by atoms with Crippen molar-refractivity contribution in [3.63, 3.8) is 0 Å². The number of para-hydroxylation sites is 3. The summed E-state index contributed by atoms with van der Waals surface area (Å²) in [5.41, 5.74) is 15.8. The maximum absolute atomic E-state index is 6.73. The molecule has 0 radical (unpaired) electrons. The zero-order valence-corrected chi connectivity index (χ0v) is 33.1. The molecule has 2 heterocycles. The van der Waals surface area contributed by atoms with E-state index in [1.165, 1.54) is 33.0 Å². The summed E-state index contributed by atoms with van der Waals surface area (Å²) in [5, 5.41) is 6.75. The summed E-state index contributed by atoms with van der Waals surface area (Å²) >= 11 is 0. The number of anilines is 3. The topological polar surface area (TPSA) is 29.5 Å². The molecule has 3 heteroatoms. The maximum atomic E-state index is 6.73. The molecule has 12 rings (SSSR count). The molecule has 61 heavy (non-hydrogen) atoms. The van der Waals surface area contributed by atoms with Crippen LogP contribution in [0.1, 0.15) is 0 Å². The van der Waals surface area contributed by atoms with Crippen LogP contribution in [0.5, 0.6) is 0 Å². The largest absolute Gasteiger partial charge is 0.456 e. The van der Waals surface area contributed by atoms with E-state index in [0.717, 1.165) is 83.2 Å². The van der Waals surface area contributed by atoms with Crippen LogP contribution in [0.4, 0.5) is 17.1 Å². The Kier molecular flexibility index (Phi) is 8.17. The van der Waals surface area contributed by atoms with Crippen molar-refractivity contribution < 1.29 is 8.83 Å². The summed E-state index contributed by atoms with van der Waals surface area (Å²) in [4.78, 5) is 2.35. The second-order valence-electron chi connectivity index (χ2n) is 15.7. The monoisotopic (exact) mass is 779 g/mol. The molecule has 0 amide bonds. The minimum absolute atomic E-state index is 0.842. The average molecular weight is 780 g/mol. The van der Waals surface area contributed by atoms with Crippen LogP contribution in [-0.4, -0.2) is 0 Å². The van der Waals surface area contributed by atoms with E-state index in [-0.39, 0.29) is 0 Å². The molecule has 0 aliphatic heterocycles. The molecule has 0 fully saturated rings. The van der Waals surface area contributed by atoms with Gasteiger partial charge in [-0.3, -0.25) is 0 Å². The van der Waals surface area contributed by atoms with Gasteiger partial charge in [0.25, 0.3) is 0 Å². The first-order chi connectivity index (χ1) is 30.2. The van der Waals surface area contributed by atoms with Gasteiger partial charge in [0.05, 0.1) is 11.4 Å². The van der Waals surface area contributed by atoms with E-state index in [1.54, 1.807) is 0 Å². The molecule has 0 atom stereocenters. The molecule has 0 bridgehead atoms. The molecule has 286 valence electrons. The lowest BCUT2D eigenvalue weighted by Gasteiger charge is -2.28. The Morgan fingerprint density at radius 3 is 1.70 bits per heavy atom. The quantitative estimate of drug-likeness (QED) is 0.161. The number of rotatable bonds is 7. The predicted molar refractivity (Wildman–Crippen MR) is 255 cm³/mol. The second kappa shape index (κ2) is 14.3. The van der Waals surface area contributed by atoms with E-state index in [2.05, 4.69) is 217 Å². The van der Waals surface area contributed by atoms with Crippen LogP contribution >= 0.6 is 0 Å². The van der Waals surface area contributed by atoms with E-state index in [1.807, 2.05) is 12.1 Å². The van der Waals surface area contributed by atoms with E-state index in [0.29, 0.717) is 0 Å². The van der Waals surface area contributed by atoms with E-state index in [9.17, 15) is 0 Å². The van der Waals surface area contributed by atoms with Gasteiger partial charge in [0.15, 0.2) is 5.58 Å². The van der Waals surface area contributed by atoms with Crippen LogP contribution in [0, 0.1) is 0 Å². The summed E-state index contributed by atoms with van der Waals surface area (Å²) < 4.78 is 13.2. The lowest BCUT2D eigenvalue weighted by atomic mass is 9.91. The Bertz CT molecular complexity index is 3580. The van der Waals surface area contributed by atoms with Gasteiger partial charge in [0.1, 0.15) is 16.7 Å². The Hall–Kier alpha value is -8.14.